The number of nitrogens with one attached hydrogen (secondary N) is 1. The molecule has 0 saturated heterocycles. The van der Waals surface area contributed by atoms with Gasteiger partial charge >= 0.3 is 0 Å². The van der Waals surface area contributed by atoms with E-state index in [0.29, 0.717) is 11.5 Å². The lowest BCUT2D eigenvalue weighted by Crippen LogP contribution is -2.17. The SMILES string of the molecule is CC(C=NNC(=O)c1ccc(C(C)C)cc1)=Cc1ccccc1. The van der Waals surface area contributed by atoms with Gasteiger partial charge in [0, 0.05) is 5.56 Å². The Labute approximate surface area is 137 Å². The number of hydrazone groups is 1. The third-order valence-corrected chi connectivity index (χ3v) is 3.47. The molecule has 2 rings (SSSR count). The Kier molecular flexibility index (Phi) is 5.87. The van der Waals surface area contributed by atoms with Crippen LogP contribution in [0, 0.1) is 0 Å². The summed E-state index contributed by atoms with van der Waals surface area (Å²) in [5, 5.41) is 4.01. The second-order valence-corrected chi connectivity index (χ2v) is 5.77. The molecule has 0 bridgehead atoms. The van der Waals surface area contributed by atoms with E-state index in [-0.39, 0.29) is 5.91 Å². The molecule has 0 aromatic heterocycles. The van der Waals surface area contributed by atoms with E-state index < -0.39 is 0 Å². The molecule has 0 aliphatic heterocycles. The van der Waals surface area contributed by atoms with Gasteiger partial charge in [-0.25, -0.2) is 5.43 Å². The largest absolute Gasteiger partial charge is 0.271 e. The van der Waals surface area contributed by atoms with Crippen molar-refractivity contribution in [3.05, 3.63) is 76.9 Å². The van der Waals surface area contributed by atoms with E-state index in [1.54, 1.807) is 6.21 Å². The lowest BCUT2D eigenvalue weighted by molar-refractivity contribution is 0.0955. The second-order valence-electron chi connectivity index (χ2n) is 5.77. The average molecular weight is 306 g/mol. The van der Waals surface area contributed by atoms with Crippen LogP contribution in [0.4, 0.5) is 0 Å². The van der Waals surface area contributed by atoms with Crippen LogP contribution in [0.2, 0.25) is 0 Å². The van der Waals surface area contributed by atoms with Crippen LogP contribution in [-0.2, 0) is 0 Å². The van der Waals surface area contributed by atoms with Gasteiger partial charge in [-0.05, 0) is 41.7 Å². The van der Waals surface area contributed by atoms with E-state index in [4.69, 9.17) is 0 Å². The van der Waals surface area contributed by atoms with Crippen molar-refractivity contribution >= 4 is 18.2 Å². The van der Waals surface area contributed by atoms with Crippen LogP contribution in [0.1, 0.15) is 48.2 Å². The normalized spacial score (nSPS) is 11.9. The monoisotopic (exact) mass is 306 g/mol. The number of carbonyl (C=O) groups is 1. The van der Waals surface area contributed by atoms with Gasteiger partial charge in [-0.1, -0.05) is 62.4 Å². The van der Waals surface area contributed by atoms with Crippen LogP contribution in [-0.4, -0.2) is 12.1 Å². The van der Waals surface area contributed by atoms with E-state index in [9.17, 15) is 4.79 Å². The Morgan fingerprint density at radius 3 is 2.30 bits per heavy atom. The number of amides is 1. The molecule has 0 heterocycles. The number of nitrogens with zero attached hydrogens (tertiary/aromatic N) is 1. The number of rotatable bonds is 5. The highest BCUT2D eigenvalue weighted by Gasteiger charge is 2.05. The minimum Gasteiger partial charge on any atom is -0.267 e. The molecule has 0 aliphatic rings. The fourth-order valence-corrected chi connectivity index (χ4v) is 2.13. The smallest absolute Gasteiger partial charge is 0.267 e. The number of benzene rings is 2. The van der Waals surface area contributed by atoms with Gasteiger partial charge in [0.05, 0.1) is 6.21 Å². The van der Waals surface area contributed by atoms with Crippen molar-refractivity contribution in [3.8, 4) is 0 Å². The first-order chi connectivity index (χ1) is 11.1. The summed E-state index contributed by atoms with van der Waals surface area (Å²) in [4.78, 5) is 12.0. The molecule has 0 fully saturated rings. The van der Waals surface area contributed by atoms with Gasteiger partial charge in [-0.2, -0.15) is 5.10 Å². The fraction of sp³-hybridized carbons (Fsp3) is 0.200. The van der Waals surface area contributed by atoms with Crippen molar-refractivity contribution in [1.82, 2.24) is 5.43 Å². The molecular weight excluding hydrogens is 284 g/mol. The number of hydrogen-bond donors (Lipinski definition) is 1. The third-order valence-electron chi connectivity index (χ3n) is 3.47. The molecule has 0 atom stereocenters. The van der Waals surface area contributed by atoms with Crippen molar-refractivity contribution in [3.63, 3.8) is 0 Å². The van der Waals surface area contributed by atoms with Crippen LogP contribution in [0.5, 0.6) is 0 Å². The van der Waals surface area contributed by atoms with Crippen LogP contribution < -0.4 is 5.43 Å². The molecule has 3 nitrogen and oxygen atoms in total. The van der Waals surface area contributed by atoms with Gasteiger partial charge in [-0.3, -0.25) is 4.79 Å². The number of allylic oxidation sites excluding steroid dienone is 1. The van der Waals surface area contributed by atoms with Crippen molar-refractivity contribution in [2.75, 3.05) is 0 Å². The Balaban J connectivity index is 1.94. The molecule has 118 valence electrons. The maximum Gasteiger partial charge on any atom is 0.271 e. The number of carbonyl (C=O) groups excluding carboxylic acids is 1. The second kappa shape index (κ2) is 8.08. The summed E-state index contributed by atoms with van der Waals surface area (Å²) in [7, 11) is 0. The summed E-state index contributed by atoms with van der Waals surface area (Å²) in [5.74, 6) is 0.250. The summed E-state index contributed by atoms with van der Waals surface area (Å²) in [6.45, 7) is 6.20. The molecule has 23 heavy (non-hydrogen) atoms. The minimum absolute atomic E-state index is 0.205. The molecule has 3 heteroatoms. The molecule has 1 amide bonds. The quantitative estimate of drug-likeness (QED) is 0.635. The molecule has 0 spiro atoms. The molecule has 0 unspecified atom stereocenters. The summed E-state index contributed by atoms with van der Waals surface area (Å²) >= 11 is 0. The Morgan fingerprint density at radius 2 is 1.70 bits per heavy atom. The lowest BCUT2D eigenvalue weighted by Gasteiger charge is -2.05. The highest BCUT2D eigenvalue weighted by Crippen LogP contribution is 2.14. The number of hydrogen-bond acceptors (Lipinski definition) is 2. The topological polar surface area (TPSA) is 41.5 Å². The zero-order valence-electron chi connectivity index (χ0n) is 13.8. The fourth-order valence-electron chi connectivity index (χ4n) is 2.13. The predicted molar refractivity (Wildman–Crippen MR) is 96.6 cm³/mol. The standard InChI is InChI=1S/C20H22N2O/c1-15(2)18-9-11-19(12-10-18)20(23)22-21-14-16(3)13-17-7-5-4-6-8-17/h4-15H,1-3H3,(H,22,23). The average Bonchev–Trinajstić information content (AvgIpc) is 2.55. The van der Waals surface area contributed by atoms with Gasteiger partial charge in [0.2, 0.25) is 0 Å². The minimum atomic E-state index is -0.205. The van der Waals surface area contributed by atoms with E-state index in [1.165, 1.54) is 5.56 Å². The van der Waals surface area contributed by atoms with Gasteiger partial charge in [0.1, 0.15) is 0 Å². The van der Waals surface area contributed by atoms with Gasteiger partial charge in [-0.15, -0.1) is 0 Å². The lowest BCUT2D eigenvalue weighted by atomic mass is 10.0. The zero-order valence-corrected chi connectivity index (χ0v) is 13.8. The summed E-state index contributed by atoms with van der Waals surface area (Å²) in [6.07, 6.45) is 3.65. The van der Waals surface area contributed by atoms with E-state index in [2.05, 4.69) is 24.4 Å². The van der Waals surface area contributed by atoms with Crippen LogP contribution in [0.15, 0.2) is 65.3 Å². The van der Waals surface area contributed by atoms with Gasteiger partial charge in [0.25, 0.3) is 5.91 Å². The molecule has 1 N–H and O–H groups in total. The maximum atomic E-state index is 12.0. The molecule has 0 aliphatic carbocycles. The van der Waals surface area contributed by atoms with Gasteiger partial charge < -0.3 is 0 Å². The van der Waals surface area contributed by atoms with Crippen molar-refractivity contribution in [1.29, 1.82) is 0 Å². The maximum absolute atomic E-state index is 12.0. The molecule has 2 aromatic rings. The first kappa shape index (κ1) is 16.7. The molecule has 0 saturated carbocycles. The Morgan fingerprint density at radius 1 is 1.04 bits per heavy atom. The Bertz CT molecular complexity index is 698. The summed E-state index contributed by atoms with van der Waals surface area (Å²) in [5.41, 5.74) is 6.44. The van der Waals surface area contributed by atoms with Crippen molar-refractivity contribution in [2.24, 2.45) is 5.10 Å². The highest BCUT2D eigenvalue weighted by molar-refractivity contribution is 5.95. The van der Waals surface area contributed by atoms with E-state index >= 15 is 0 Å². The van der Waals surface area contributed by atoms with Crippen LogP contribution >= 0.6 is 0 Å². The Hall–Kier alpha value is -2.68. The highest BCUT2D eigenvalue weighted by atomic mass is 16.2. The molecule has 2 aromatic carbocycles. The van der Waals surface area contributed by atoms with Crippen LogP contribution in [0.25, 0.3) is 6.08 Å². The third kappa shape index (κ3) is 5.22. The first-order valence-corrected chi connectivity index (χ1v) is 7.73. The van der Waals surface area contributed by atoms with E-state index in [0.717, 1.165) is 11.1 Å². The first-order valence-electron chi connectivity index (χ1n) is 7.73. The van der Waals surface area contributed by atoms with Crippen LogP contribution in [0.3, 0.4) is 0 Å². The summed E-state index contributed by atoms with van der Waals surface area (Å²) in [6, 6.07) is 17.6. The molecule has 0 radical (unpaired) electrons. The summed E-state index contributed by atoms with van der Waals surface area (Å²) < 4.78 is 0. The molecular formula is C20H22N2O. The predicted octanol–water partition coefficient (Wildman–Crippen LogP) is 4.63. The van der Waals surface area contributed by atoms with Crippen molar-refractivity contribution < 1.29 is 4.79 Å². The van der Waals surface area contributed by atoms with E-state index in [1.807, 2.05) is 67.6 Å². The van der Waals surface area contributed by atoms with Gasteiger partial charge in [0.15, 0.2) is 0 Å². The zero-order chi connectivity index (χ0) is 16.7. The van der Waals surface area contributed by atoms with Crippen molar-refractivity contribution in [2.45, 2.75) is 26.7 Å².